The number of amides is 1. The van der Waals surface area contributed by atoms with Crippen LogP contribution in [0.1, 0.15) is 30.9 Å². The van der Waals surface area contributed by atoms with Crippen LogP contribution in [-0.2, 0) is 11.3 Å². The monoisotopic (exact) mass is 264 g/mol. The number of carbonyl (C=O) groups is 1. The molecule has 1 fully saturated rings. The molecule has 0 bridgehead atoms. The lowest BCUT2D eigenvalue weighted by molar-refractivity contribution is -0.124. The molecular weight excluding hydrogens is 243 g/mol. The van der Waals surface area contributed by atoms with Gasteiger partial charge < -0.3 is 10.6 Å². The van der Waals surface area contributed by atoms with E-state index in [1.165, 1.54) is 6.07 Å². The molecule has 2 N–H and O–H groups in total. The van der Waals surface area contributed by atoms with Crippen molar-refractivity contribution in [1.29, 1.82) is 0 Å². The molecule has 19 heavy (non-hydrogen) atoms. The van der Waals surface area contributed by atoms with Gasteiger partial charge in [0.25, 0.3) is 0 Å². The normalized spacial score (nSPS) is 23.1. The zero-order valence-electron chi connectivity index (χ0n) is 11.5. The maximum atomic E-state index is 13.4. The molecule has 2 rings (SSSR count). The van der Waals surface area contributed by atoms with E-state index < -0.39 is 0 Å². The molecule has 104 valence electrons. The van der Waals surface area contributed by atoms with Gasteiger partial charge in [0.1, 0.15) is 5.82 Å². The molecule has 3 nitrogen and oxygen atoms in total. The zero-order valence-corrected chi connectivity index (χ0v) is 11.5. The minimum absolute atomic E-state index is 0.00698. The second-order valence-corrected chi connectivity index (χ2v) is 5.44. The van der Waals surface area contributed by atoms with Crippen LogP contribution in [-0.4, -0.2) is 18.5 Å². The van der Waals surface area contributed by atoms with Crippen molar-refractivity contribution in [3.05, 3.63) is 35.1 Å². The summed E-state index contributed by atoms with van der Waals surface area (Å²) < 4.78 is 13.4. The first-order chi connectivity index (χ1) is 9.06. The van der Waals surface area contributed by atoms with Crippen LogP contribution in [0.15, 0.2) is 18.2 Å². The molecule has 0 spiro atoms. The molecule has 0 aromatic heterocycles. The molecule has 0 radical (unpaired) electrons. The van der Waals surface area contributed by atoms with Gasteiger partial charge in [-0.05, 0) is 49.4 Å². The molecule has 1 aliphatic rings. The van der Waals surface area contributed by atoms with E-state index in [-0.39, 0.29) is 17.8 Å². The van der Waals surface area contributed by atoms with Gasteiger partial charge >= 0.3 is 0 Å². The largest absolute Gasteiger partial charge is 0.351 e. The van der Waals surface area contributed by atoms with E-state index >= 15 is 0 Å². The van der Waals surface area contributed by atoms with Gasteiger partial charge in [-0.3, -0.25) is 4.79 Å². The molecular formula is C15H21FN2O. The summed E-state index contributed by atoms with van der Waals surface area (Å²) in [5.74, 6) is 0.359. The van der Waals surface area contributed by atoms with Crippen LogP contribution in [0.2, 0.25) is 0 Å². The van der Waals surface area contributed by atoms with Gasteiger partial charge in [-0.1, -0.05) is 19.1 Å². The molecule has 4 heteroatoms. The molecule has 1 saturated heterocycles. The lowest BCUT2D eigenvalue weighted by Crippen LogP contribution is -2.48. The fraction of sp³-hybridized carbons (Fsp3) is 0.533. The van der Waals surface area contributed by atoms with Crippen LogP contribution in [0.25, 0.3) is 0 Å². The number of aryl methyl sites for hydroxylation is 1. The molecule has 1 heterocycles. The quantitative estimate of drug-likeness (QED) is 0.878. The summed E-state index contributed by atoms with van der Waals surface area (Å²) in [6.45, 7) is 5.16. The first-order valence-corrected chi connectivity index (χ1v) is 6.82. The number of hydrogen-bond acceptors (Lipinski definition) is 2. The Labute approximate surface area is 113 Å². The predicted octanol–water partition coefficient (Wildman–Crippen LogP) is 2.14. The van der Waals surface area contributed by atoms with Crippen molar-refractivity contribution in [1.82, 2.24) is 10.6 Å². The van der Waals surface area contributed by atoms with Crippen LogP contribution < -0.4 is 10.6 Å². The maximum Gasteiger partial charge on any atom is 0.237 e. The van der Waals surface area contributed by atoms with E-state index in [9.17, 15) is 9.18 Å². The van der Waals surface area contributed by atoms with Crippen molar-refractivity contribution in [2.24, 2.45) is 5.92 Å². The Morgan fingerprint density at radius 2 is 2.32 bits per heavy atom. The summed E-state index contributed by atoms with van der Waals surface area (Å²) in [6.07, 6.45) is 1.99. The van der Waals surface area contributed by atoms with Crippen molar-refractivity contribution < 1.29 is 9.18 Å². The molecule has 1 aliphatic heterocycles. The Balaban J connectivity index is 1.87. The number of carbonyl (C=O) groups excluding carboxylic acids is 1. The van der Waals surface area contributed by atoms with Gasteiger partial charge in [0.15, 0.2) is 0 Å². The summed E-state index contributed by atoms with van der Waals surface area (Å²) in [7, 11) is 0. The van der Waals surface area contributed by atoms with Gasteiger partial charge in [0, 0.05) is 6.54 Å². The first-order valence-electron chi connectivity index (χ1n) is 6.82. The Bertz CT molecular complexity index is 461. The minimum atomic E-state index is -0.226. The number of piperidine rings is 1. The molecule has 0 saturated carbocycles. The number of halogens is 1. The summed E-state index contributed by atoms with van der Waals surface area (Å²) in [4.78, 5) is 12.0. The Morgan fingerprint density at radius 3 is 3.00 bits per heavy atom. The van der Waals surface area contributed by atoms with E-state index in [2.05, 4.69) is 17.6 Å². The van der Waals surface area contributed by atoms with Gasteiger partial charge in [-0.15, -0.1) is 0 Å². The van der Waals surface area contributed by atoms with Crippen molar-refractivity contribution in [3.8, 4) is 0 Å². The fourth-order valence-corrected chi connectivity index (χ4v) is 2.37. The maximum absolute atomic E-state index is 13.4. The molecule has 0 aliphatic carbocycles. The average Bonchev–Trinajstić information content (AvgIpc) is 2.40. The standard InChI is InChI=1S/C15H21FN2O/c1-10-5-6-17-14(7-10)15(19)18-9-12-4-3-11(2)13(16)8-12/h3-4,8,10,14,17H,5-7,9H2,1-2H3,(H,18,19). The SMILES string of the molecule is Cc1ccc(CNC(=O)C2CC(C)CCN2)cc1F. The van der Waals surface area contributed by atoms with Gasteiger partial charge in [-0.25, -0.2) is 4.39 Å². The summed E-state index contributed by atoms with van der Waals surface area (Å²) in [5.41, 5.74) is 1.41. The number of rotatable bonds is 3. The number of benzene rings is 1. The van der Waals surface area contributed by atoms with E-state index in [0.29, 0.717) is 18.0 Å². The van der Waals surface area contributed by atoms with Crippen molar-refractivity contribution >= 4 is 5.91 Å². The van der Waals surface area contributed by atoms with Crippen LogP contribution in [0, 0.1) is 18.7 Å². The van der Waals surface area contributed by atoms with Crippen molar-refractivity contribution in [3.63, 3.8) is 0 Å². The third-order valence-electron chi connectivity index (χ3n) is 3.69. The molecule has 1 aromatic carbocycles. The molecule has 2 unspecified atom stereocenters. The lowest BCUT2D eigenvalue weighted by Gasteiger charge is -2.27. The van der Waals surface area contributed by atoms with Gasteiger partial charge in [0.2, 0.25) is 5.91 Å². The summed E-state index contributed by atoms with van der Waals surface area (Å²) >= 11 is 0. The highest BCUT2D eigenvalue weighted by Crippen LogP contribution is 2.15. The fourth-order valence-electron chi connectivity index (χ4n) is 2.37. The first kappa shape index (κ1) is 14.0. The predicted molar refractivity (Wildman–Crippen MR) is 73.2 cm³/mol. The van der Waals surface area contributed by atoms with Crippen molar-refractivity contribution in [2.45, 2.75) is 39.3 Å². The van der Waals surface area contributed by atoms with E-state index in [4.69, 9.17) is 0 Å². The third-order valence-corrected chi connectivity index (χ3v) is 3.69. The Morgan fingerprint density at radius 1 is 1.53 bits per heavy atom. The highest BCUT2D eigenvalue weighted by molar-refractivity contribution is 5.81. The van der Waals surface area contributed by atoms with Crippen LogP contribution in [0.4, 0.5) is 4.39 Å². The number of hydrogen-bond donors (Lipinski definition) is 2. The van der Waals surface area contributed by atoms with Gasteiger partial charge in [-0.2, -0.15) is 0 Å². The van der Waals surface area contributed by atoms with Crippen molar-refractivity contribution in [2.75, 3.05) is 6.54 Å². The second-order valence-electron chi connectivity index (χ2n) is 5.44. The van der Waals surface area contributed by atoms with Gasteiger partial charge in [0.05, 0.1) is 6.04 Å². The molecule has 1 aromatic rings. The minimum Gasteiger partial charge on any atom is -0.351 e. The Hall–Kier alpha value is -1.42. The van der Waals surface area contributed by atoms with E-state index in [1.54, 1.807) is 13.0 Å². The lowest BCUT2D eigenvalue weighted by atomic mass is 9.94. The topological polar surface area (TPSA) is 41.1 Å². The molecule has 1 amide bonds. The zero-order chi connectivity index (χ0) is 13.8. The summed E-state index contributed by atoms with van der Waals surface area (Å²) in [5, 5.41) is 6.09. The highest BCUT2D eigenvalue weighted by Gasteiger charge is 2.24. The highest BCUT2D eigenvalue weighted by atomic mass is 19.1. The van der Waals surface area contributed by atoms with Crippen LogP contribution in [0.3, 0.4) is 0 Å². The van der Waals surface area contributed by atoms with Crippen LogP contribution >= 0.6 is 0 Å². The third kappa shape index (κ3) is 3.77. The van der Waals surface area contributed by atoms with Crippen LogP contribution in [0.5, 0.6) is 0 Å². The summed E-state index contributed by atoms with van der Waals surface area (Å²) in [6, 6.07) is 4.94. The average molecular weight is 264 g/mol. The second kappa shape index (κ2) is 6.15. The van der Waals surface area contributed by atoms with E-state index in [0.717, 1.165) is 24.9 Å². The smallest absolute Gasteiger partial charge is 0.237 e. The van der Waals surface area contributed by atoms with E-state index in [1.807, 2.05) is 6.07 Å². The number of nitrogens with one attached hydrogen (secondary N) is 2. The molecule has 2 atom stereocenters. The Kier molecular flexibility index (Phi) is 4.53.